The molecular formula is C14H28ClN3O2. The number of halogens is 1. The molecule has 118 valence electrons. The van der Waals surface area contributed by atoms with E-state index in [2.05, 4.69) is 16.0 Å². The fourth-order valence-corrected chi connectivity index (χ4v) is 2.22. The van der Waals surface area contributed by atoms with Crippen LogP contribution in [0.3, 0.4) is 0 Å². The molecule has 20 heavy (non-hydrogen) atoms. The van der Waals surface area contributed by atoms with Crippen molar-refractivity contribution in [1.82, 2.24) is 16.0 Å². The number of rotatable bonds is 4. The van der Waals surface area contributed by atoms with Crippen molar-refractivity contribution in [2.75, 3.05) is 13.1 Å². The van der Waals surface area contributed by atoms with Gasteiger partial charge in [-0.2, -0.15) is 0 Å². The van der Waals surface area contributed by atoms with Gasteiger partial charge in [-0.05, 0) is 53.5 Å². The monoisotopic (exact) mass is 305 g/mol. The Labute approximate surface area is 128 Å². The van der Waals surface area contributed by atoms with Gasteiger partial charge in [0.1, 0.15) is 0 Å². The molecular weight excluding hydrogens is 278 g/mol. The largest absolute Gasteiger partial charge is 0.354 e. The van der Waals surface area contributed by atoms with Gasteiger partial charge in [0, 0.05) is 18.5 Å². The lowest BCUT2D eigenvalue weighted by Gasteiger charge is -2.33. The minimum atomic E-state index is -0.473. The van der Waals surface area contributed by atoms with Gasteiger partial charge >= 0.3 is 0 Å². The van der Waals surface area contributed by atoms with E-state index < -0.39 is 5.54 Å². The van der Waals surface area contributed by atoms with Crippen molar-refractivity contribution < 1.29 is 9.59 Å². The number of carbonyl (C=O) groups excluding carboxylic acids is 2. The van der Waals surface area contributed by atoms with Crippen LogP contribution in [0.25, 0.3) is 0 Å². The average molecular weight is 306 g/mol. The van der Waals surface area contributed by atoms with E-state index in [1.165, 1.54) is 0 Å². The molecule has 1 unspecified atom stereocenters. The lowest BCUT2D eigenvalue weighted by molar-refractivity contribution is -0.128. The summed E-state index contributed by atoms with van der Waals surface area (Å²) in [5.74, 6) is -0.0367. The minimum absolute atomic E-state index is 0. The van der Waals surface area contributed by atoms with Crippen LogP contribution in [0.15, 0.2) is 0 Å². The van der Waals surface area contributed by atoms with Crippen LogP contribution in [0.4, 0.5) is 0 Å². The van der Waals surface area contributed by atoms with E-state index in [1.54, 1.807) is 0 Å². The predicted molar refractivity (Wildman–Crippen MR) is 83.0 cm³/mol. The maximum Gasteiger partial charge on any atom is 0.240 e. The maximum absolute atomic E-state index is 12.1. The van der Waals surface area contributed by atoms with Gasteiger partial charge in [-0.1, -0.05) is 0 Å². The van der Waals surface area contributed by atoms with Crippen LogP contribution in [-0.2, 0) is 9.59 Å². The molecule has 0 radical (unpaired) electrons. The molecule has 1 aliphatic heterocycles. The lowest BCUT2D eigenvalue weighted by atomic mass is 9.90. The first-order chi connectivity index (χ1) is 8.73. The summed E-state index contributed by atoms with van der Waals surface area (Å²) in [7, 11) is 0. The van der Waals surface area contributed by atoms with E-state index in [0.29, 0.717) is 13.0 Å². The van der Waals surface area contributed by atoms with Gasteiger partial charge in [0.25, 0.3) is 0 Å². The van der Waals surface area contributed by atoms with Crippen molar-refractivity contribution in [2.45, 2.75) is 64.5 Å². The van der Waals surface area contributed by atoms with E-state index in [0.717, 1.165) is 25.8 Å². The summed E-state index contributed by atoms with van der Waals surface area (Å²) in [5.41, 5.74) is -0.698. The normalized spacial score (nSPS) is 22.6. The second-order valence-electron chi connectivity index (χ2n) is 6.52. The number of hydrogen-bond acceptors (Lipinski definition) is 3. The number of carbonyl (C=O) groups is 2. The summed E-state index contributed by atoms with van der Waals surface area (Å²) in [5, 5.41) is 8.98. The highest BCUT2D eigenvalue weighted by atomic mass is 35.5. The number of nitrogens with one attached hydrogen (secondary N) is 3. The molecule has 0 bridgehead atoms. The molecule has 0 spiro atoms. The molecule has 2 amide bonds. The third-order valence-corrected chi connectivity index (χ3v) is 3.27. The number of hydrogen-bond donors (Lipinski definition) is 3. The number of amides is 2. The predicted octanol–water partition coefficient (Wildman–Crippen LogP) is 1.36. The molecule has 0 saturated carbocycles. The van der Waals surface area contributed by atoms with Crippen LogP contribution in [-0.4, -0.2) is 36.0 Å². The first kappa shape index (κ1) is 19.2. The fourth-order valence-electron chi connectivity index (χ4n) is 2.22. The molecule has 1 rings (SSSR count). The Morgan fingerprint density at radius 1 is 1.25 bits per heavy atom. The lowest BCUT2D eigenvalue weighted by Crippen LogP contribution is -2.57. The number of piperidine rings is 1. The summed E-state index contributed by atoms with van der Waals surface area (Å²) < 4.78 is 0. The van der Waals surface area contributed by atoms with Gasteiger partial charge in [-0.3, -0.25) is 9.59 Å². The first-order valence-corrected chi connectivity index (χ1v) is 7.07. The average Bonchev–Trinajstić information content (AvgIpc) is 2.27. The summed E-state index contributed by atoms with van der Waals surface area (Å²) in [6.45, 7) is 9.02. The fraction of sp³-hybridized carbons (Fsp3) is 0.857. The smallest absolute Gasteiger partial charge is 0.240 e. The molecule has 6 heteroatoms. The third-order valence-electron chi connectivity index (χ3n) is 3.27. The zero-order valence-corrected chi connectivity index (χ0v) is 13.8. The summed E-state index contributed by atoms with van der Waals surface area (Å²) in [6.07, 6.45) is 3.37. The van der Waals surface area contributed by atoms with Crippen molar-refractivity contribution in [3.05, 3.63) is 0 Å². The Hall–Kier alpha value is -0.810. The van der Waals surface area contributed by atoms with Crippen LogP contribution < -0.4 is 16.0 Å². The van der Waals surface area contributed by atoms with Gasteiger partial charge in [0.15, 0.2) is 0 Å². The van der Waals surface area contributed by atoms with Crippen LogP contribution in [0.1, 0.15) is 53.4 Å². The first-order valence-electron chi connectivity index (χ1n) is 7.07. The summed E-state index contributed by atoms with van der Waals surface area (Å²) in [4.78, 5) is 23.7. The quantitative estimate of drug-likeness (QED) is 0.734. The zero-order chi connectivity index (χ0) is 14.5. The molecule has 1 fully saturated rings. The molecule has 3 N–H and O–H groups in total. The molecule has 5 nitrogen and oxygen atoms in total. The van der Waals surface area contributed by atoms with E-state index in [4.69, 9.17) is 0 Å². The maximum atomic E-state index is 12.1. The van der Waals surface area contributed by atoms with Gasteiger partial charge in [0.2, 0.25) is 11.8 Å². The van der Waals surface area contributed by atoms with Gasteiger partial charge < -0.3 is 16.0 Å². The van der Waals surface area contributed by atoms with Crippen molar-refractivity contribution in [2.24, 2.45) is 0 Å². The minimum Gasteiger partial charge on any atom is -0.354 e. The van der Waals surface area contributed by atoms with Gasteiger partial charge in [0.05, 0.1) is 5.54 Å². The van der Waals surface area contributed by atoms with Gasteiger partial charge in [-0.15, -0.1) is 12.4 Å². The second-order valence-corrected chi connectivity index (χ2v) is 6.52. The Balaban J connectivity index is 0.00000361. The molecule has 0 aliphatic carbocycles. The molecule has 0 aromatic rings. The highest BCUT2D eigenvalue weighted by molar-refractivity contribution is 5.86. The van der Waals surface area contributed by atoms with E-state index in [1.807, 2.05) is 27.7 Å². The molecule has 1 aliphatic rings. The van der Waals surface area contributed by atoms with E-state index in [-0.39, 0.29) is 29.8 Å². The van der Waals surface area contributed by atoms with E-state index >= 15 is 0 Å². The molecule has 1 saturated heterocycles. The van der Waals surface area contributed by atoms with Crippen molar-refractivity contribution in [1.29, 1.82) is 0 Å². The van der Waals surface area contributed by atoms with Crippen molar-refractivity contribution >= 4 is 24.2 Å². The van der Waals surface area contributed by atoms with Crippen molar-refractivity contribution in [3.63, 3.8) is 0 Å². The van der Waals surface area contributed by atoms with Gasteiger partial charge in [-0.25, -0.2) is 0 Å². The van der Waals surface area contributed by atoms with Crippen LogP contribution in [0, 0.1) is 0 Å². The Kier molecular flexibility index (Phi) is 7.52. The molecule has 0 aromatic heterocycles. The van der Waals surface area contributed by atoms with Crippen molar-refractivity contribution in [3.8, 4) is 0 Å². The molecule has 1 heterocycles. The Morgan fingerprint density at radius 3 is 2.40 bits per heavy atom. The van der Waals surface area contributed by atoms with Crippen LogP contribution >= 0.6 is 12.4 Å². The molecule has 1 atom stereocenters. The zero-order valence-electron chi connectivity index (χ0n) is 13.0. The van der Waals surface area contributed by atoms with E-state index in [9.17, 15) is 9.59 Å². The van der Waals surface area contributed by atoms with Crippen LogP contribution in [0.2, 0.25) is 0 Å². The topological polar surface area (TPSA) is 70.2 Å². The second kappa shape index (κ2) is 7.84. The Morgan fingerprint density at radius 2 is 1.90 bits per heavy atom. The SMILES string of the molecule is CC(C)(C)NC(=O)CCNC(=O)C1(C)CCCCN1.Cl. The highest BCUT2D eigenvalue weighted by Crippen LogP contribution is 2.18. The third kappa shape index (κ3) is 6.57. The van der Waals surface area contributed by atoms with Crippen LogP contribution in [0.5, 0.6) is 0 Å². The molecule has 0 aromatic carbocycles. The summed E-state index contributed by atoms with van der Waals surface area (Å²) >= 11 is 0. The Bertz CT molecular complexity index is 334. The summed E-state index contributed by atoms with van der Waals surface area (Å²) in [6, 6.07) is 0. The standard InChI is InChI=1S/C14H27N3O2.ClH/c1-13(2,3)17-11(18)7-10-15-12(19)14(4)8-5-6-9-16-14;/h16H,5-10H2,1-4H3,(H,15,19)(H,17,18);1H. The highest BCUT2D eigenvalue weighted by Gasteiger charge is 2.33.